The molecule has 0 aliphatic heterocycles. The van der Waals surface area contributed by atoms with E-state index in [2.05, 4.69) is 13.8 Å². The van der Waals surface area contributed by atoms with Gasteiger partial charge in [-0.1, -0.05) is 33.1 Å². The Morgan fingerprint density at radius 3 is 2.38 bits per heavy atom. The molecule has 0 N–H and O–H groups in total. The second kappa shape index (κ2) is 2.52. The van der Waals surface area contributed by atoms with E-state index < -0.39 is 0 Å². The van der Waals surface area contributed by atoms with Crippen LogP contribution in [0.1, 0.15) is 32.6 Å². The fourth-order valence-electron chi connectivity index (χ4n) is 1.43. The molecule has 1 aliphatic carbocycles. The Morgan fingerprint density at radius 1 is 1.50 bits per heavy atom. The van der Waals surface area contributed by atoms with Crippen molar-refractivity contribution in [2.45, 2.75) is 32.6 Å². The topological polar surface area (TPSA) is 0 Å². The highest BCUT2D eigenvalue weighted by atomic mass is 14.3. The molecular weight excluding hydrogens is 96.1 g/mol. The van der Waals surface area contributed by atoms with Crippen LogP contribution in [0, 0.1) is 18.8 Å². The summed E-state index contributed by atoms with van der Waals surface area (Å²) in [6, 6.07) is 0. The van der Waals surface area contributed by atoms with Crippen molar-refractivity contribution in [3.63, 3.8) is 0 Å². The van der Waals surface area contributed by atoms with Crippen LogP contribution < -0.4 is 0 Å². The molecule has 1 saturated carbocycles. The lowest BCUT2D eigenvalue weighted by Gasteiger charge is -2.33. The molecule has 0 aromatic carbocycles. The minimum absolute atomic E-state index is 1.01. The molecule has 0 nitrogen and oxygen atoms in total. The zero-order chi connectivity index (χ0) is 5.98. The van der Waals surface area contributed by atoms with Gasteiger partial charge in [-0.05, 0) is 18.3 Å². The number of rotatable bonds is 2. The van der Waals surface area contributed by atoms with E-state index in [0.29, 0.717) is 0 Å². The van der Waals surface area contributed by atoms with Gasteiger partial charge in [0.1, 0.15) is 0 Å². The van der Waals surface area contributed by atoms with Crippen LogP contribution in [-0.4, -0.2) is 0 Å². The standard InChI is InChI=1S/C8H15/c1-3-4-8-6-5-7(8)2/h7-8H,1,3-6H2,2H3. The highest BCUT2D eigenvalue weighted by Gasteiger charge is 2.24. The Morgan fingerprint density at radius 2 is 2.25 bits per heavy atom. The van der Waals surface area contributed by atoms with Crippen LogP contribution in [0.15, 0.2) is 0 Å². The fraction of sp³-hybridized carbons (Fsp3) is 0.875. The van der Waals surface area contributed by atoms with Gasteiger partial charge in [0.25, 0.3) is 0 Å². The summed E-state index contributed by atoms with van der Waals surface area (Å²) >= 11 is 0. The first kappa shape index (κ1) is 6.12. The third kappa shape index (κ3) is 1.04. The Hall–Kier alpha value is 0. The quantitative estimate of drug-likeness (QED) is 0.514. The molecule has 0 aromatic rings. The molecule has 0 heterocycles. The Kier molecular flexibility index (Phi) is 1.93. The SMILES string of the molecule is [CH2]CCC1CCC1C. The first-order chi connectivity index (χ1) is 3.84. The van der Waals surface area contributed by atoms with E-state index in [-0.39, 0.29) is 0 Å². The van der Waals surface area contributed by atoms with Crippen molar-refractivity contribution in [2.24, 2.45) is 11.8 Å². The van der Waals surface area contributed by atoms with Gasteiger partial charge in [0, 0.05) is 0 Å². The third-order valence-corrected chi connectivity index (χ3v) is 2.37. The van der Waals surface area contributed by atoms with Gasteiger partial charge < -0.3 is 0 Å². The summed E-state index contributed by atoms with van der Waals surface area (Å²) in [6.07, 6.45) is 5.43. The summed E-state index contributed by atoms with van der Waals surface area (Å²) in [5.41, 5.74) is 0. The van der Waals surface area contributed by atoms with Gasteiger partial charge in [-0.2, -0.15) is 0 Å². The molecule has 2 atom stereocenters. The molecule has 1 radical (unpaired) electrons. The van der Waals surface area contributed by atoms with Crippen LogP contribution in [0.2, 0.25) is 0 Å². The van der Waals surface area contributed by atoms with E-state index in [0.717, 1.165) is 18.3 Å². The molecule has 0 heteroatoms. The van der Waals surface area contributed by atoms with Crippen LogP contribution in [0.25, 0.3) is 0 Å². The van der Waals surface area contributed by atoms with E-state index >= 15 is 0 Å². The Balaban J connectivity index is 2.08. The lowest BCUT2D eigenvalue weighted by atomic mass is 9.73. The van der Waals surface area contributed by atoms with Gasteiger partial charge in [-0.15, -0.1) is 0 Å². The van der Waals surface area contributed by atoms with Crippen molar-refractivity contribution < 1.29 is 0 Å². The van der Waals surface area contributed by atoms with E-state index in [1.54, 1.807) is 0 Å². The Labute approximate surface area is 52.3 Å². The second-order valence-electron chi connectivity index (χ2n) is 2.96. The van der Waals surface area contributed by atoms with Gasteiger partial charge >= 0.3 is 0 Å². The van der Waals surface area contributed by atoms with E-state index in [1.165, 1.54) is 19.3 Å². The highest BCUT2D eigenvalue weighted by molar-refractivity contribution is 4.76. The first-order valence-electron chi connectivity index (χ1n) is 3.64. The Bertz CT molecular complexity index is 66.4. The molecule has 0 amide bonds. The molecule has 1 fully saturated rings. The summed E-state index contributed by atoms with van der Waals surface area (Å²) in [5.74, 6) is 2.05. The molecule has 1 rings (SSSR count). The zero-order valence-electron chi connectivity index (χ0n) is 5.69. The number of hydrogen-bond donors (Lipinski definition) is 0. The third-order valence-electron chi connectivity index (χ3n) is 2.37. The van der Waals surface area contributed by atoms with E-state index in [4.69, 9.17) is 0 Å². The van der Waals surface area contributed by atoms with Crippen LogP contribution in [0.4, 0.5) is 0 Å². The van der Waals surface area contributed by atoms with Gasteiger partial charge in [0.15, 0.2) is 0 Å². The summed E-state index contributed by atoms with van der Waals surface area (Å²) < 4.78 is 0. The molecule has 0 saturated heterocycles. The maximum atomic E-state index is 3.84. The molecule has 47 valence electrons. The van der Waals surface area contributed by atoms with Crippen molar-refractivity contribution in [3.05, 3.63) is 6.92 Å². The zero-order valence-corrected chi connectivity index (χ0v) is 5.69. The summed E-state index contributed by atoms with van der Waals surface area (Å²) in [7, 11) is 0. The average Bonchev–Trinajstić information content (AvgIpc) is 1.79. The fourth-order valence-corrected chi connectivity index (χ4v) is 1.43. The van der Waals surface area contributed by atoms with Crippen molar-refractivity contribution in [1.82, 2.24) is 0 Å². The van der Waals surface area contributed by atoms with E-state index in [9.17, 15) is 0 Å². The molecule has 2 unspecified atom stereocenters. The smallest absolute Gasteiger partial charge is 0.0388 e. The van der Waals surface area contributed by atoms with Gasteiger partial charge in [0.2, 0.25) is 0 Å². The van der Waals surface area contributed by atoms with Crippen molar-refractivity contribution in [1.29, 1.82) is 0 Å². The lowest BCUT2D eigenvalue weighted by molar-refractivity contribution is 0.185. The maximum Gasteiger partial charge on any atom is -0.0388 e. The van der Waals surface area contributed by atoms with Crippen molar-refractivity contribution >= 4 is 0 Å². The molecule has 1 aliphatic rings. The molecule has 0 bridgehead atoms. The average molecular weight is 111 g/mol. The van der Waals surface area contributed by atoms with Crippen LogP contribution in [0.5, 0.6) is 0 Å². The molecular formula is C8H15. The summed E-state index contributed by atoms with van der Waals surface area (Å²) in [6.45, 7) is 6.19. The first-order valence-corrected chi connectivity index (χ1v) is 3.64. The predicted octanol–water partition coefficient (Wildman–Crippen LogP) is 2.65. The van der Waals surface area contributed by atoms with Gasteiger partial charge in [-0.3, -0.25) is 0 Å². The molecule has 8 heavy (non-hydrogen) atoms. The normalized spacial score (nSPS) is 36.8. The second-order valence-corrected chi connectivity index (χ2v) is 2.96. The van der Waals surface area contributed by atoms with Gasteiger partial charge in [0.05, 0.1) is 0 Å². The van der Waals surface area contributed by atoms with Crippen LogP contribution in [0.3, 0.4) is 0 Å². The van der Waals surface area contributed by atoms with Crippen LogP contribution >= 0.6 is 0 Å². The summed E-state index contributed by atoms with van der Waals surface area (Å²) in [4.78, 5) is 0. The predicted molar refractivity (Wildman–Crippen MR) is 36.5 cm³/mol. The number of hydrogen-bond acceptors (Lipinski definition) is 0. The maximum absolute atomic E-state index is 3.84. The van der Waals surface area contributed by atoms with Gasteiger partial charge in [-0.25, -0.2) is 0 Å². The molecule has 0 spiro atoms. The van der Waals surface area contributed by atoms with Crippen molar-refractivity contribution in [2.75, 3.05) is 0 Å². The summed E-state index contributed by atoms with van der Waals surface area (Å²) in [5, 5.41) is 0. The largest absolute Gasteiger partial charge is 0.0622 e. The minimum atomic E-state index is 1.01. The lowest BCUT2D eigenvalue weighted by Crippen LogP contribution is -2.22. The van der Waals surface area contributed by atoms with Crippen molar-refractivity contribution in [3.8, 4) is 0 Å². The molecule has 0 aromatic heterocycles. The monoisotopic (exact) mass is 111 g/mol. The van der Waals surface area contributed by atoms with Crippen LogP contribution in [-0.2, 0) is 0 Å². The minimum Gasteiger partial charge on any atom is -0.0622 e. The highest BCUT2D eigenvalue weighted by Crippen LogP contribution is 2.36. The van der Waals surface area contributed by atoms with E-state index in [1.807, 2.05) is 0 Å².